The zero-order chi connectivity index (χ0) is 24.5. The van der Waals surface area contributed by atoms with Gasteiger partial charge < -0.3 is 9.84 Å². The molecule has 4 nitrogen and oxygen atoms in total. The Balaban J connectivity index is 1.30. The number of nitrogens with zero attached hydrogens (tertiary/aromatic N) is 1. The van der Waals surface area contributed by atoms with Gasteiger partial charge in [-0.15, -0.1) is 0 Å². The van der Waals surface area contributed by atoms with Crippen molar-refractivity contribution >= 4 is 16.9 Å². The number of carboxylic acids is 1. The van der Waals surface area contributed by atoms with E-state index in [-0.39, 0.29) is 6.42 Å². The fraction of sp³-hybridized carbons (Fsp3) is 0.290. The molecule has 0 unspecified atom stereocenters. The van der Waals surface area contributed by atoms with Crippen molar-refractivity contribution in [2.24, 2.45) is 0 Å². The number of hydrogen-bond acceptors (Lipinski definition) is 3. The molecular formula is C31H33NO3. The van der Waals surface area contributed by atoms with Gasteiger partial charge in [-0.25, -0.2) is 4.98 Å². The number of pyridine rings is 1. The van der Waals surface area contributed by atoms with E-state index in [1.807, 2.05) is 36.4 Å². The highest BCUT2D eigenvalue weighted by Crippen LogP contribution is 2.26. The third kappa shape index (κ3) is 7.16. The SMILES string of the molecule is Cc1ccc(-c2ccc(OCc3ccc4ccccc4n3)cc2)cc1CCCCCCCC(=O)O. The number of benzene rings is 3. The molecule has 1 heterocycles. The summed E-state index contributed by atoms with van der Waals surface area (Å²) in [6.07, 6.45) is 6.49. The number of carbonyl (C=O) groups is 1. The van der Waals surface area contributed by atoms with Gasteiger partial charge in [0.1, 0.15) is 12.4 Å². The summed E-state index contributed by atoms with van der Waals surface area (Å²) in [5.74, 6) is 0.137. The topological polar surface area (TPSA) is 59.4 Å². The highest BCUT2D eigenvalue weighted by molar-refractivity contribution is 5.78. The summed E-state index contributed by atoms with van der Waals surface area (Å²) >= 11 is 0. The molecule has 1 N–H and O–H groups in total. The van der Waals surface area contributed by atoms with Gasteiger partial charge >= 0.3 is 5.97 Å². The Morgan fingerprint density at radius 1 is 0.829 bits per heavy atom. The van der Waals surface area contributed by atoms with E-state index in [2.05, 4.69) is 54.4 Å². The minimum absolute atomic E-state index is 0.283. The van der Waals surface area contributed by atoms with Crippen LogP contribution in [0.25, 0.3) is 22.0 Å². The van der Waals surface area contributed by atoms with Crippen LogP contribution in [0.2, 0.25) is 0 Å². The standard InChI is InChI=1S/C31H33NO3/c1-23-13-14-27(21-26(23)10-5-3-2-4-6-12-31(33)34)24-16-19-29(20-17-24)35-22-28-18-15-25-9-7-8-11-30(25)32-28/h7-9,11,13-21H,2-6,10,12,22H2,1H3,(H,33,34). The van der Waals surface area contributed by atoms with Crippen LogP contribution in [0, 0.1) is 6.92 Å². The number of aromatic nitrogens is 1. The summed E-state index contributed by atoms with van der Waals surface area (Å²) in [7, 11) is 0. The lowest BCUT2D eigenvalue weighted by atomic mass is 9.96. The van der Waals surface area contributed by atoms with Crippen molar-refractivity contribution in [3.8, 4) is 16.9 Å². The quantitative estimate of drug-likeness (QED) is 0.216. The number of unbranched alkanes of at least 4 members (excludes halogenated alkanes) is 4. The maximum Gasteiger partial charge on any atom is 0.303 e. The summed E-state index contributed by atoms with van der Waals surface area (Å²) in [6.45, 7) is 2.61. The Hall–Kier alpha value is -3.66. The van der Waals surface area contributed by atoms with Crippen LogP contribution in [0.1, 0.15) is 55.3 Å². The highest BCUT2D eigenvalue weighted by atomic mass is 16.5. The number of hydrogen-bond donors (Lipinski definition) is 1. The molecule has 0 radical (unpaired) electrons. The molecular weight excluding hydrogens is 434 g/mol. The number of fused-ring (bicyclic) bond motifs is 1. The van der Waals surface area contributed by atoms with Gasteiger partial charge in [-0.3, -0.25) is 4.79 Å². The predicted octanol–water partition coefficient (Wildman–Crippen LogP) is 7.76. The van der Waals surface area contributed by atoms with Crippen LogP contribution >= 0.6 is 0 Å². The molecule has 0 atom stereocenters. The third-order valence-electron chi connectivity index (χ3n) is 6.42. The molecule has 4 rings (SSSR count). The van der Waals surface area contributed by atoms with Crippen LogP contribution in [0.4, 0.5) is 0 Å². The van der Waals surface area contributed by atoms with Crippen molar-refractivity contribution in [2.75, 3.05) is 0 Å². The predicted molar refractivity (Wildman–Crippen MR) is 142 cm³/mol. The van der Waals surface area contributed by atoms with Gasteiger partial charge in [-0.1, -0.05) is 73.9 Å². The van der Waals surface area contributed by atoms with Gasteiger partial charge in [0, 0.05) is 11.8 Å². The highest BCUT2D eigenvalue weighted by Gasteiger charge is 2.05. The fourth-order valence-electron chi connectivity index (χ4n) is 4.33. The van der Waals surface area contributed by atoms with Crippen molar-refractivity contribution in [2.45, 2.75) is 58.5 Å². The lowest BCUT2D eigenvalue weighted by molar-refractivity contribution is -0.137. The normalized spacial score (nSPS) is 11.0. The van der Waals surface area contributed by atoms with Crippen LogP contribution in [-0.2, 0) is 17.8 Å². The largest absolute Gasteiger partial charge is 0.487 e. The Kier molecular flexibility index (Phi) is 8.50. The van der Waals surface area contributed by atoms with Crippen molar-refractivity contribution in [1.29, 1.82) is 0 Å². The second-order valence-corrected chi connectivity index (χ2v) is 9.11. The molecule has 0 saturated carbocycles. The number of ether oxygens (including phenoxy) is 1. The van der Waals surface area contributed by atoms with Gasteiger partial charge in [0.2, 0.25) is 0 Å². The van der Waals surface area contributed by atoms with E-state index >= 15 is 0 Å². The van der Waals surface area contributed by atoms with Gasteiger partial charge in [0.05, 0.1) is 11.2 Å². The number of carboxylic acid groups (broad SMARTS) is 1. The first-order chi connectivity index (χ1) is 17.1. The van der Waals surface area contributed by atoms with Gasteiger partial charge in [-0.2, -0.15) is 0 Å². The maximum atomic E-state index is 10.6. The van der Waals surface area contributed by atoms with Crippen LogP contribution in [0.3, 0.4) is 0 Å². The molecule has 0 aliphatic carbocycles. The van der Waals surface area contributed by atoms with Crippen LogP contribution < -0.4 is 4.74 Å². The van der Waals surface area contributed by atoms with Gasteiger partial charge in [0.15, 0.2) is 0 Å². The molecule has 1 aromatic heterocycles. The lowest BCUT2D eigenvalue weighted by Gasteiger charge is -2.11. The van der Waals surface area contributed by atoms with Crippen LogP contribution in [0.5, 0.6) is 5.75 Å². The Bertz CT molecular complexity index is 1260. The minimum atomic E-state index is -0.695. The molecule has 0 fully saturated rings. The summed E-state index contributed by atoms with van der Waals surface area (Å²) in [4.78, 5) is 15.3. The van der Waals surface area contributed by atoms with Crippen molar-refractivity contribution in [3.05, 3.63) is 95.7 Å². The Labute approximate surface area is 207 Å². The molecule has 0 bridgehead atoms. The number of aryl methyl sites for hydroxylation is 2. The molecule has 180 valence electrons. The molecule has 4 heteroatoms. The van der Waals surface area contributed by atoms with Gasteiger partial charge in [0.25, 0.3) is 0 Å². The van der Waals surface area contributed by atoms with Crippen molar-refractivity contribution < 1.29 is 14.6 Å². The second-order valence-electron chi connectivity index (χ2n) is 9.11. The molecule has 0 aliphatic rings. The molecule has 0 amide bonds. The second kappa shape index (κ2) is 12.2. The monoisotopic (exact) mass is 467 g/mol. The average Bonchev–Trinajstić information content (AvgIpc) is 2.88. The maximum absolute atomic E-state index is 10.6. The van der Waals surface area contributed by atoms with E-state index in [1.54, 1.807) is 0 Å². The Morgan fingerprint density at radius 3 is 2.40 bits per heavy atom. The van der Waals surface area contributed by atoms with E-state index in [0.717, 1.165) is 60.9 Å². The first-order valence-corrected chi connectivity index (χ1v) is 12.5. The molecule has 3 aromatic carbocycles. The lowest BCUT2D eigenvalue weighted by Crippen LogP contribution is -1.98. The van der Waals surface area contributed by atoms with Crippen LogP contribution in [0.15, 0.2) is 78.9 Å². The number of rotatable bonds is 12. The van der Waals surface area contributed by atoms with Crippen molar-refractivity contribution in [1.82, 2.24) is 4.98 Å². The molecule has 0 aliphatic heterocycles. The molecule has 4 aromatic rings. The summed E-state index contributed by atoms with van der Waals surface area (Å²) < 4.78 is 5.99. The van der Waals surface area contributed by atoms with E-state index in [9.17, 15) is 4.79 Å². The minimum Gasteiger partial charge on any atom is -0.487 e. The number of para-hydroxylation sites is 1. The Morgan fingerprint density at radius 2 is 1.57 bits per heavy atom. The first kappa shape index (κ1) is 24.5. The van der Waals surface area contributed by atoms with E-state index < -0.39 is 5.97 Å². The van der Waals surface area contributed by atoms with E-state index in [0.29, 0.717) is 6.61 Å². The number of aliphatic carboxylic acids is 1. The summed E-state index contributed by atoms with van der Waals surface area (Å²) in [6, 6.07) is 27.1. The van der Waals surface area contributed by atoms with Gasteiger partial charge in [-0.05, 0) is 72.7 Å². The molecule has 35 heavy (non-hydrogen) atoms. The van der Waals surface area contributed by atoms with E-state index in [1.165, 1.54) is 22.3 Å². The zero-order valence-electron chi connectivity index (χ0n) is 20.4. The first-order valence-electron chi connectivity index (χ1n) is 12.5. The summed E-state index contributed by atoms with van der Waals surface area (Å²) in [5, 5.41) is 9.86. The zero-order valence-corrected chi connectivity index (χ0v) is 20.4. The fourth-order valence-corrected chi connectivity index (χ4v) is 4.33. The summed E-state index contributed by atoms with van der Waals surface area (Å²) in [5.41, 5.74) is 7.00. The van der Waals surface area contributed by atoms with E-state index in [4.69, 9.17) is 9.84 Å². The third-order valence-corrected chi connectivity index (χ3v) is 6.42. The molecule has 0 spiro atoms. The van der Waals surface area contributed by atoms with Crippen LogP contribution in [-0.4, -0.2) is 16.1 Å². The smallest absolute Gasteiger partial charge is 0.303 e. The van der Waals surface area contributed by atoms with Crippen molar-refractivity contribution in [3.63, 3.8) is 0 Å². The molecule has 0 saturated heterocycles. The average molecular weight is 468 g/mol.